The van der Waals surface area contributed by atoms with Crippen LogP contribution in [0, 0.1) is 6.92 Å². The number of nitrogens with one attached hydrogen (secondary N) is 4. The van der Waals surface area contributed by atoms with Crippen molar-refractivity contribution in [2.45, 2.75) is 6.92 Å². The molecule has 2 aromatic heterocycles. The maximum atomic E-state index is 13.6. The minimum Gasteiger partial charge on any atom is -0.497 e. The number of rotatable bonds is 13. The zero-order valence-electron chi connectivity index (χ0n) is 30.4. The Hall–Kier alpha value is -7.25. The molecule has 0 aliphatic heterocycles. The Morgan fingerprint density at radius 1 is 0.800 bits per heavy atom. The van der Waals surface area contributed by atoms with Gasteiger partial charge in [-0.2, -0.15) is 10.1 Å². The van der Waals surface area contributed by atoms with Crippen molar-refractivity contribution in [2.75, 3.05) is 43.3 Å². The smallest absolute Gasteiger partial charge is 0.324 e. The highest BCUT2D eigenvalue weighted by atomic mass is 16.5. The fourth-order valence-corrected chi connectivity index (χ4v) is 5.83. The van der Waals surface area contributed by atoms with Crippen LogP contribution in [0.5, 0.6) is 17.4 Å². The Bertz CT molecular complexity index is 2450. The van der Waals surface area contributed by atoms with Crippen LogP contribution in [0.1, 0.15) is 15.9 Å². The van der Waals surface area contributed by atoms with Gasteiger partial charge in [0.2, 0.25) is 11.8 Å². The number of anilines is 4. The molecule has 0 saturated carbocycles. The third kappa shape index (κ3) is 8.70. The molecule has 0 unspecified atom stereocenters. The Balaban J connectivity index is 1.09. The second-order valence-corrected chi connectivity index (χ2v) is 12.4. The van der Waals surface area contributed by atoms with Gasteiger partial charge in [0.1, 0.15) is 17.3 Å². The Morgan fingerprint density at radius 3 is 2.36 bits per heavy atom. The van der Waals surface area contributed by atoms with Gasteiger partial charge in [0.15, 0.2) is 0 Å². The van der Waals surface area contributed by atoms with Crippen molar-refractivity contribution in [1.29, 1.82) is 0 Å². The van der Waals surface area contributed by atoms with Gasteiger partial charge in [-0.1, -0.05) is 72.3 Å². The average molecular weight is 735 g/mol. The van der Waals surface area contributed by atoms with Crippen LogP contribution in [-0.4, -0.2) is 59.1 Å². The maximum absolute atomic E-state index is 13.6. The molecular weight excluding hydrogens is 697 g/mol. The monoisotopic (exact) mass is 734 g/mol. The molecule has 7 aromatic rings. The zero-order chi connectivity index (χ0) is 38.1. The van der Waals surface area contributed by atoms with Gasteiger partial charge >= 0.3 is 6.03 Å². The highest BCUT2D eigenvalue weighted by molar-refractivity contribution is 6.07. The number of ether oxygens (including phenoxy) is 3. The highest BCUT2D eigenvalue weighted by Crippen LogP contribution is 2.35. The fraction of sp³-hybridized carbons (Fsp3) is 0.119. The highest BCUT2D eigenvalue weighted by Gasteiger charge is 2.17. The number of fused-ring (bicyclic) bond motifs is 1. The standard InChI is InChI=1S/C42H38N8O5/c1-27-13-15-31(16-14-27)50-38(26-36(49-50)28-9-5-4-6-10-28)47-42(52)46-35-17-18-37(34-12-8-7-11-33(34)35)55-39-19-20-44-41(48-39)45-30-23-29(24-32(25-30)54-3)40(51)43-21-22-53-2/h4-20,23-26H,21-22H2,1-3H3,(H,43,51)(H,44,45,48)(H2,46,47,52). The van der Waals surface area contributed by atoms with Crippen molar-refractivity contribution >= 4 is 45.9 Å². The van der Waals surface area contributed by atoms with Crippen LogP contribution in [0.2, 0.25) is 0 Å². The largest absolute Gasteiger partial charge is 0.497 e. The number of hydrogen-bond donors (Lipinski definition) is 4. The lowest BCUT2D eigenvalue weighted by atomic mass is 10.1. The molecule has 13 heteroatoms. The summed E-state index contributed by atoms with van der Waals surface area (Å²) in [5.74, 6) is 1.76. The Morgan fingerprint density at radius 2 is 1.58 bits per heavy atom. The first kappa shape index (κ1) is 36.1. The molecule has 0 spiro atoms. The molecule has 13 nitrogen and oxygen atoms in total. The topological polar surface area (TPSA) is 154 Å². The van der Waals surface area contributed by atoms with Gasteiger partial charge in [0, 0.05) is 65.6 Å². The first-order valence-electron chi connectivity index (χ1n) is 17.4. The molecule has 55 heavy (non-hydrogen) atoms. The molecule has 7 rings (SSSR count). The fourth-order valence-electron chi connectivity index (χ4n) is 5.83. The molecular formula is C42H38N8O5. The van der Waals surface area contributed by atoms with Gasteiger partial charge in [-0.3, -0.25) is 10.1 Å². The van der Waals surface area contributed by atoms with Crippen LogP contribution >= 0.6 is 0 Å². The van der Waals surface area contributed by atoms with Crippen LogP contribution in [0.15, 0.2) is 128 Å². The lowest BCUT2D eigenvalue weighted by molar-refractivity contribution is 0.0936. The van der Waals surface area contributed by atoms with E-state index in [1.807, 2.05) is 91.9 Å². The van der Waals surface area contributed by atoms with Gasteiger partial charge in [0.05, 0.1) is 30.8 Å². The number of carbonyl (C=O) groups excluding carboxylic acids is 2. The average Bonchev–Trinajstić information content (AvgIpc) is 3.63. The van der Waals surface area contributed by atoms with Crippen molar-refractivity contribution in [3.63, 3.8) is 0 Å². The number of methoxy groups -OCH3 is 2. The van der Waals surface area contributed by atoms with Crippen LogP contribution in [-0.2, 0) is 4.74 Å². The van der Waals surface area contributed by atoms with E-state index >= 15 is 0 Å². The van der Waals surface area contributed by atoms with Crippen LogP contribution < -0.4 is 30.7 Å². The Labute approximate surface area is 317 Å². The summed E-state index contributed by atoms with van der Waals surface area (Å²) < 4.78 is 18.4. The predicted molar refractivity (Wildman–Crippen MR) is 213 cm³/mol. The summed E-state index contributed by atoms with van der Waals surface area (Å²) in [5.41, 5.74) is 5.10. The molecule has 3 amide bonds. The summed E-state index contributed by atoms with van der Waals surface area (Å²) in [6.07, 6.45) is 1.57. The van der Waals surface area contributed by atoms with E-state index in [4.69, 9.17) is 19.3 Å². The molecule has 0 saturated heterocycles. The molecule has 0 aliphatic rings. The zero-order valence-corrected chi connectivity index (χ0v) is 30.4. The summed E-state index contributed by atoms with van der Waals surface area (Å²) >= 11 is 0. The van der Waals surface area contributed by atoms with Gasteiger partial charge in [-0.25, -0.2) is 14.5 Å². The minimum atomic E-state index is -0.439. The van der Waals surface area contributed by atoms with Gasteiger partial charge in [-0.05, 0) is 43.3 Å². The van der Waals surface area contributed by atoms with E-state index in [1.165, 1.54) is 7.11 Å². The minimum absolute atomic E-state index is 0.246. The summed E-state index contributed by atoms with van der Waals surface area (Å²) in [6.45, 7) is 2.78. The van der Waals surface area contributed by atoms with Gasteiger partial charge in [0.25, 0.3) is 5.91 Å². The predicted octanol–water partition coefficient (Wildman–Crippen LogP) is 8.36. The summed E-state index contributed by atoms with van der Waals surface area (Å²) in [5, 5.41) is 18.3. The SMILES string of the molecule is COCCNC(=O)c1cc(Nc2nccc(Oc3ccc(NC(=O)Nc4cc(-c5ccccc5)nn4-c4ccc(C)cc4)c4ccccc34)n2)cc(OC)c1. The van der Waals surface area contributed by atoms with Crippen molar-refractivity contribution in [2.24, 2.45) is 0 Å². The number of carbonyl (C=O) groups is 2. The normalized spacial score (nSPS) is 10.8. The first-order valence-corrected chi connectivity index (χ1v) is 17.4. The number of benzene rings is 5. The number of hydrogen-bond acceptors (Lipinski definition) is 9. The van der Waals surface area contributed by atoms with Crippen molar-refractivity contribution < 1.29 is 23.8 Å². The van der Waals surface area contributed by atoms with Crippen molar-refractivity contribution in [3.8, 4) is 34.3 Å². The second-order valence-electron chi connectivity index (χ2n) is 12.4. The molecule has 0 radical (unpaired) electrons. The molecule has 0 bridgehead atoms. The number of nitrogens with zero attached hydrogens (tertiary/aromatic N) is 4. The molecule has 0 atom stereocenters. The third-order valence-electron chi connectivity index (χ3n) is 8.53. The van der Waals surface area contributed by atoms with Crippen molar-refractivity contribution in [3.05, 3.63) is 139 Å². The van der Waals surface area contributed by atoms with Gasteiger partial charge < -0.3 is 30.2 Å². The van der Waals surface area contributed by atoms with E-state index < -0.39 is 6.03 Å². The Kier molecular flexibility index (Phi) is 10.9. The molecule has 0 aliphatic carbocycles. The lowest BCUT2D eigenvalue weighted by Gasteiger charge is -2.14. The van der Waals surface area contributed by atoms with Crippen molar-refractivity contribution in [1.82, 2.24) is 25.1 Å². The number of aromatic nitrogens is 4. The molecule has 2 heterocycles. The van der Waals surface area contributed by atoms with Crippen LogP contribution in [0.25, 0.3) is 27.7 Å². The van der Waals surface area contributed by atoms with E-state index in [0.29, 0.717) is 47.4 Å². The molecule has 5 aromatic carbocycles. The van der Waals surface area contributed by atoms with Gasteiger partial charge in [-0.15, -0.1) is 0 Å². The molecule has 0 fully saturated rings. The first-order chi connectivity index (χ1) is 26.9. The van der Waals surface area contributed by atoms with E-state index in [0.717, 1.165) is 33.3 Å². The van der Waals surface area contributed by atoms with E-state index in [2.05, 4.69) is 31.2 Å². The number of amides is 3. The molecule has 276 valence electrons. The second kappa shape index (κ2) is 16.6. The number of urea groups is 1. The van der Waals surface area contributed by atoms with Crippen LogP contribution in [0.4, 0.5) is 27.9 Å². The van der Waals surface area contributed by atoms with Crippen LogP contribution in [0.3, 0.4) is 0 Å². The maximum Gasteiger partial charge on any atom is 0.324 e. The molecule has 4 N–H and O–H groups in total. The third-order valence-corrected chi connectivity index (χ3v) is 8.53. The summed E-state index contributed by atoms with van der Waals surface area (Å²) in [6, 6.07) is 37.0. The quantitative estimate of drug-likeness (QED) is 0.0856. The van der Waals surface area contributed by atoms with E-state index in [1.54, 1.807) is 54.4 Å². The van der Waals surface area contributed by atoms with E-state index in [-0.39, 0.29) is 17.7 Å². The van der Waals surface area contributed by atoms with E-state index in [9.17, 15) is 9.59 Å². The number of aryl methyl sites for hydroxylation is 1. The summed E-state index contributed by atoms with van der Waals surface area (Å²) in [4.78, 5) is 35.2. The summed E-state index contributed by atoms with van der Waals surface area (Å²) in [7, 11) is 3.10. The lowest BCUT2D eigenvalue weighted by Crippen LogP contribution is -2.27.